The first-order valence-electron chi connectivity index (χ1n) is 5.47. The van der Waals surface area contributed by atoms with Crippen LogP contribution in [0.2, 0.25) is 5.15 Å². The number of halogens is 1. The molecule has 0 saturated heterocycles. The maximum atomic E-state index is 11.8. The van der Waals surface area contributed by atoms with E-state index in [1.54, 1.807) is 16.8 Å². The highest BCUT2D eigenvalue weighted by Gasteiger charge is 2.07. The first-order chi connectivity index (χ1) is 8.54. The molecule has 0 unspecified atom stereocenters. The zero-order valence-electron chi connectivity index (χ0n) is 10.1. The largest absolute Gasteiger partial charge is 0.323 e. The summed E-state index contributed by atoms with van der Waals surface area (Å²) < 4.78 is 1.66. The smallest absolute Gasteiger partial charge is 0.246 e. The van der Waals surface area contributed by atoms with Gasteiger partial charge in [-0.15, -0.1) is 0 Å². The molecule has 0 bridgehead atoms. The van der Waals surface area contributed by atoms with Gasteiger partial charge in [-0.05, 0) is 32.0 Å². The van der Waals surface area contributed by atoms with Crippen LogP contribution in [-0.4, -0.2) is 20.7 Å². The van der Waals surface area contributed by atoms with Crippen molar-refractivity contribution < 1.29 is 4.79 Å². The number of aryl methyl sites for hydroxylation is 2. The molecule has 1 N–H and O–H groups in total. The van der Waals surface area contributed by atoms with Gasteiger partial charge in [-0.2, -0.15) is 5.10 Å². The Morgan fingerprint density at radius 2 is 2.22 bits per heavy atom. The van der Waals surface area contributed by atoms with Crippen molar-refractivity contribution in [3.05, 3.63) is 40.9 Å². The van der Waals surface area contributed by atoms with Gasteiger partial charge in [0.15, 0.2) is 0 Å². The van der Waals surface area contributed by atoms with Gasteiger partial charge < -0.3 is 5.32 Å². The van der Waals surface area contributed by atoms with Gasteiger partial charge in [0.1, 0.15) is 11.7 Å². The Kier molecular flexibility index (Phi) is 3.62. The van der Waals surface area contributed by atoms with Crippen LogP contribution in [-0.2, 0) is 11.3 Å². The lowest BCUT2D eigenvalue weighted by molar-refractivity contribution is -0.116. The third-order valence-electron chi connectivity index (χ3n) is 2.41. The number of hydrogen-bond acceptors (Lipinski definition) is 3. The van der Waals surface area contributed by atoms with Crippen LogP contribution in [0.4, 0.5) is 5.69 Å². The third-order valence-corrected chi connectivity index (χ3v) is 2.63. The molecule has 0 aliphatic carbocycles. The summed E-state index contributed by atoms with van der Waals surface area (Å²) in [5.41, 5.74) is 2.47. The molecule has 5 nitrogen and oxygen atoms in total. The number of hydrogen-bond donors (Lipinski definition) is 1. The Bertz CT molecular complexity index is 562. The molecule has 1 amide bonds. The van der Waals surface area contributed by atoms with Gasteiger partial charge in [-0.25, -0.2) is 4.98 Å². The minimum Gasteiger partial charge on any atom is -0.323 e. The predicted molar refractivity (Wildman–Crippen MR) is 69.6 cm³/mol. The molecule has 6 heteroatoms. The normalized spacial score (nSPS) is 10.4. The lowest BCUT2D eigenvalue weighted by Gasteiger charge is -2.06. The minimum absolute atomic E-state index is 0.148. The topological polar surface area (TPSA) is 59.8 Å². The summed E-state index contributed by atoms with van der Waals surface area (Å²) in [6, 6.07) is 5.26. The summed E-state index contributed by atoms with van der Waals surface area (Å²) in [5, 5.41) is 7.35. The van der Waals surface area contributed by atoms with E-state index in [-0.39, 0.29) is 12.5 Å². The first-order valence-corrected chi connectivity index (χ1v) is 5.85. The van der Waals surface area contributed by atoms with Crippen molar-refractivity contribution in [2.24, 2.45) is 0 Å². The fourth-order valence-electron chi connectivity index (χ4n) is 1.62. The molecule has 2 aromatic heterocycles. The summed E-state index contributed by atoms with van der Waals surface area (Å²) in [6.45, 7) is 3.99. The number of nitrogens with zero attached hydrogens (tertiary/aromatic N) is 3. The molecule has 0 aliphatic rings. The fraction of sp³-hybridized carbons (Fsp3) is 0.250. The number of pyridine rings is 1. The van der Waals surface area contributed by atoms with E-state index in [0.29, 0.717) is 10.8 Å². The lowest BCUT2D eigenvalue weighted by Crippen LogP contribution is -2.20. The number of carbonyl (C=O) groups excluding carboxylic acids is 1. The van der Waals surface area contributed by atoms with E-state index >= 15 is 0 Å². The molecule has 2 rings (SSSR count). The molecule has 0 aromatic carbocycles. The summed E-state index contributed by atoms with van der Waals surface area (Å²) in [4.78, 5) is 15.7. The molecule has 0 radical (unpaired) electrons. The quantitative estimate of drug-likeness (QED) is 0.865. The molecule has 0 fully saturated rings. The Morgan fingerprint density at radius 3 is 2.78 bits per heavy atom. The van der Waals surface area contributed by atoms with Crippen molar-refractivity contribution in [3.8, 4) is 0 Å². The van der Waals surface area contributed by atoms with Crippen molar-refractivity contribution >= 4 is 23.2 Å². The molecule has 0 saturated carbocycles. The summed E-state index contributed by atoms with van der Waals surface area (Å²) in [7, 11) is 0. The third kappa shape index (κ3) is 3.07. The first kappa shape index (κ1) is 12.6. The van der Waals surface area contributed by atoms with Crippen LogP contribution in [0.1, 0.15) is 11.4 Å². The van der Waals surface area contributed by atoms with Crippen molar-refractivity contribution in [3.63, 3.8) is 0 Å². The molecule has 18 heavy (non-hydrogen) atoms. The minimum atomic E-state index is -0.148. The van der Waals surface area contributed by atoms with Crippen LogP contribution in [0.3, 0.4) is 0 Å². The molecule has 0 aliphatic heterocycles. The highest BCUT2D eigenvalue weighted by Crippen LogP contribution is 2.10. The highest BCUT2D eigenvalue weighted by atomic mass is 35.5. The monoisotopic (exact) mass is 264 g/mol. The second-order valence-corrected chi connectivity index (χ2v) is 4.39. The SMILES string of the molecule is Cc1cc(C)n(CC(=O)Nc2ccc(Cl)nc2)n1. The van der Waals surface area contributed by atoms with Crippen LogP contribution < -0.4 is 5.32 Å². The second kappa shape index (κ2) is 5.18. The molecular formula is C12H13ClN4O. The van der Waals surface area contributed by atoms with Gasteiger partial charge in [0.25, 0.3) is 0 Å². The predicted octanol–water partition coefficient (Wildman–Crippen LogP) is 2.19. The van der Waals surface area contributed by atoms with E-state index in [1.807, 2.05) is 19.9 Å². The Balaban J connectivity index is 2.01. The van der Waals surface area contributed by atoms with Gasteiger partial charge in [-0.1, -0.05) is 11.6 Å². The zero-order chi connectivity index (χ0) is 13.1. The molecule has 2 heterocycles. The summed E-state index contributed by atoms with van der Waals surface area (Å²) >= 11 is 5.66. The van der Waals surface area contributed by atoms with Gasteiger partial charge in [0, 0.05) is 5.69 Å². The van der Waals surface area contributed by atoms with E-state index in [2.05, 4.69) is 15.4 Å². The van der Waals surface area contributed by atoms with Crippen molar-refractivity contribution in [2.45, 2.75) is 20.4 Å². The van der Waals surface area contributed by atoms with Gasteiger partial charge in [-0.3, -0.25) is 9.48 Å². The fourth-order valence-corrected chi connectivity index (χ4v) is 1.73. The molecule has 94 valence electrons. The second-order valence-electron chi connectivity index (χ2n) is 4.00. The standard InChI is InChI=1S/C12H13ClN4O/c1-8-5-9(2)17(16-8)7-12(18)15-10-3-4-11(13)14-6-10/h3-6H,7H2,1-2H3,(H,15,18). The number of nitrogens with one attached hydrogen (secondary N) is 1. The van der Waals surface area contributed by atoms with Gasteiger partial charge in [0.05, 0.1) is 17.6 Å². The Labute approximate surface area is 110 Å². The number of carbonyl (C=O) groups is 1. The van der Waals surface area contributed by atoms with Crippen LogP contribution in [0.5, 0.6) is 0 Å². The van der Waals surface area contributed by atoms with Gasteiger partial charge >= 0.3 is 0 Å². The zero-order valence-corrected chi connectivity index (χ0v) is 10.9. The van der Waals surface area contributed by atoms with Gasteiger partial charge in [0.2, 0.25) is 5.91 Å². The molecule has 0 atom stereocenters. The average molecular weight is 265 g/mol. The molecule has 0 spiro atoms. The Morgan fingerprint density at radius 1 is 1.44 bits per heavy atom. The maximum Gasteiger partial charge on any atom is 0.246 e. The molecule has 2 aromatic rings. The number of amides is 1. The lowest BCUT2D eigenvalue weighted by atomic mass is 10.4. The maximum absolute atomic E-state index is 11.8. The molecular weight excluding hydrogens is 252 g/mol. The van der Waals surface area contributed by atoms with Crippen molar-refractivity contribution in [1.29, 1.82) is 0 Å². The van der Waals surface area contributed by atoms with E-state index in [4.69, 9.17) is 11.6 Å². The van der Waals surface area contributed by atoms with Crippen LogP contribution in [0.15, 0.2) is 24.4 Å². The average Bonchev–Trinajstić information content (AvgIpc) is 2.61. The number of aromatic nitrogens is 3. The van der Waals surface area contributed by atoms with E-state index in [9.17, 15) is 4.79 Å². The van der Waals surface area contributed by atoms with E-state index < -0.39 is 0 Å². The summed E-state index contributed by atoms with van der Waals surface area (Å²) in [5.74, 6) is -0.148. The van der Waals surface area contributed by atoms with Crippen LogP contribution in [0, 0.1) is 13.8 Å². The Hall–Kier alpha value is -1.88. The number of anilines is 1. The van der Waals surface area contributed by atoms with E-state index in [0.717, 1.165) is 11.4 Å². The van der Waals surface area contributed by atoms with Crippen molar-refractivity contribution in [2.75, 3.05) is 5.32 Å². The number of rotatable bonds is 3. The highest BCUT2D eigenvalue weighted by molar-refractivity contribution is 6.29. The van der Waals surface area contributed by atoms with E-state index in [1.165, 1.54) is 6.20 Å². The van der Waals surface area contributed by atoms with Crippen LogP contribution in [0.25, 0.3) is 0 Å². The van der Waals surface area contributed by atoms with Crippen molar-refractivity contribution in [1.82, 2.24) is 14.8 Å². The summed E-state index contributed by atoms with van der Waals surface area (Å²) in [6.07, 6.45) is 1.52. The van der Waals surface area contributed by atoms with Crippen LogP contribution >= 0.6 is 11.6 Å².